The quantitative estimate of drug-likeness (QED) is 0.00850. The number of esters is 4. The van der Waals surface area contributed by atoms with Crippen LogP contribution in [0.3, 0.4) is 0 Å². The van der Waals surface area contributed by atoms with Crippen LogP contribution in [-0.2, 0) is 116 Å². The lowest BCUT2D eigenvalue weighted by Gasteiger charge is -2.29. The fourth-order valence-corrected chi connectivity index (χ4v) is 18.4. The highest BCUT2D eigenvalue weighted by Crippen LogP contribution is 2.50. The van der Waals surface area contributed by atoms with Gasteiger partial charge in [-0.2, -0.15) is 5.09 Å². The van der Waals surface area contributed by atoms with Crippen LogP contribution in [0.4, 0.5) is 0 Å². The van der Waals surface area contributed by atoms with Crippen molar-refractivity contribution in [2.75, 3.05) is 6.61 Å². The van der Waals surface area contributed by atoms with Crippen LogP contribution in [0.5, 0.6) is 5.75 Å². The summed E-state index contributed by atoms with van der Waals surface area (Å²) in [6, 6.07) is 46.0. The zero-order valence-electron chi connectivity index (χ0n) is 85.1. The van der Waals surface area contributed by atoms with E-state index in [1.807, 2.05) is 154 Å². The summed E-state index contributed by atoms with van der Waals surface area (Å²) in [6.45, 7) is 26.0. The summed E-state index contributed by atoms with van der Waals surface area (Å²) < 4.78 is 105. The molecule has 5 fully saturated rings. The summed E-state index contributed by atoms with van der Waals surface area (Å²) in [5, 5.41) is 45.6. The average molecular weight is 2080 g/mol. The molecule has 5 aliphatic rings. The van der Waals surface area contributed by atoms with Crippen LogP contribution in [0.2, 0.25) is 0 Å². The number of nitrogens with one attached hydrogen (secondary N) is 5. The number of hydrogen-bond donors (Lipinski definition) is 9. The number of aromatic amines is 4. The third kappa shape index (κ3) is 28.7. The van der Waals surface area contributed by atoms with Crippen LogP contribution in [0.1, 0.15) is 180 Å². The van der Waals surface area contributed by atoms with E-state index in [1.165, 1.54) is 67.6 Å². The van der Waals surface area contributed by atoms with Crippen LogP contribution < -0.4 is 54.6 Å². The van der Waals surface area contributed by atoms with E-state index in [0.29, 0.717) is 42.4 Å². The molecule has 14 rings (SSSR count). The average Bonchev–Trinajstić information content (AvgIpc) is 1.60. The van der Waals surface area contributed by atoms with E-state index in [0.717, 1.165) is 43.7 Å². The van der Waals surface area contributed by atoms with Gasteiger partial charge in [0.15, 0.2) is 65.1 Å². The van der Waals surface area contributed by atoms with Crippen molar-refractivity contribution in [1.82, 2.24) is 43.3 Å². The molecule has 41 nitrogen and oxygen atoms in total. The number of para-hydroxylation sites is 1. The third-order valence-electron chi connectivity index (χ3n) is 24.4. The number of aliphatic hydroxyl groups excluding tert-OH is 4. The molecule has 0 radical (unpaired) electrons. The molecule has 149 heavy (non-hydrogen) atoms. The number of aromatic nitrogens is 8. The molecule has 9 heterocycles. The van der Waals surface area contributed by atoms with E-state index in [4.69, 9.17) is 83.5 Å². The van der Waals surface area contributed by atoms with Gasteiger partial charge in [-0.25, -0.2) is 23.7 Å². The van der Waals surface area contributed by atoms with Gasteiger partial charge >= 0.3 is 54.4 Å². The molecule has 9 aromatic rings. The Kier molecular flexibility index (Phi) is 41.3. The predicted octanol–water partition coefficient (Wildman–Crippen LogP) is 7.54. The topological polar surface area (TPSA) is 536 Å². The van der Waals surface area contributed by atoms with Crippen molar-refractivity contribution in [2.24, 2.45) is 0 Å². The fraction of sp³-hybridized carbons (Fsp3) is 0.439. The number of aliphatic hydroxyl groups is 4. The number of rotatable bonds is 32. The molecule has 5 aromatic carbocycles. The minimum atomic E-state index is -4.39. The molecular formula is C107H124N9O32P. The summed E-state index contributed by atoms with van der Waals surface area (Å²) in [6.07, 6.45) is 1.33. The first kappa shape index (κ1) is 117. The van der Waals surface area contributed by atoms with Crippen molar-refractivity contribution in [1.29, 1.82) is 0 Å². The first-order valence-electron chi connectivity index (χ1n) is 47.7. The number of hydrogen-bond acceptors (Lipinski definition) is 32. The van der Waals surface area contributed by atoms with Crippen molar-refractivity contribution in [2.45, 2.75) is 295 Å². The number of nitrogens with zero attached hydrogens (tertiary/aromatic N) is 4. The van der Waals surface area contributed by atoms with E-state index in [1.54, 1.807) is 73.6 Å². The molecule has 0 bridgehead atoms. The molecule has 794 valence electrons. The van der Waals surface area contributed by atoms with Crippen LogP contribution in [-0.4, -0.2) is 197 Å². The summed E-state index contributed by atoms with van der Waals surface area (Å²) >= 11 is 0. The normalized spacial score (nSPS) is 26.3. The SMILES string of the molecule is C#C[C@]1(CC)O[C@@H](n2cc(C)c(=O)[nH]c2=O)[C@@H](O)C1OCc1ccccc1.C#C[C@]1(COP(=O)(N[C@@H](C)C(=O)OC(C)C)Oc2ccccc2)O[C@@H](n2ccc(=O)[nH]c2=O)[C@@H](O)C1O.CC#C[C@]1(CC)OC(OC(C)=O)[C@@H](OC(C)=O)C1OCc1ccccc1.CC#C[C@]1(CC)O[C@@H](n2cc(C)c(=O)[nH]c2=O)[C@@H](O)C1OCc1ccccc1.CC#C[C@]1(CC)O[C@@H](n2cc(C)c(=O)[nH]c2=O)[C@@H](OC(C)=O)C1OCc1ccccc1. The summed E-state index contributed by atoms with van der Waals surface area (Å²) in [5.74, 6) is 20.3. The predicted molar refractivity (Wildman–Crippen MR) is 539 cm³/mol. The molecule has 42 heteroatoms. The van der Waals surface area contributed by atoms with E-state index in [2.05, 4.69) is 67.4 Å². The second kappa shape index (κ2) is 52.7. The standard InChI is InChI=1S/C23H28N3O10P.C23H26N2O6.C21H24N2O5.C20H22N2O5.C20H24O6/c1-5-23(19(29)18(28)20(35-23)26-12-11-17(27)24-22(26)31)13-33-37(32,36-16-9-7-6-8-10-16)25-15(4)21(30)34-14(2)3;1-5-12-23(6-2)19(29-14-17-10-8-7-9-11-17)18(30-16(4)26)21(31-23)25-13-15(3)20(27)24-22(25)28;1-4-11-21(5-2)17(27-13-15-9-7-6-8-10-15)16(24)19(28-21)23-12-14(3)18(25)22-20(23)26;1-4-20(5-2)16(26-12-14-9-7-6-8-10-14)15(23)18(27-20)22-11-13(3)17(24)21-19(22)25;1-5-12-20(6-2)18(23-13-16-10-8-7-9-11-16)17(24-14(3)21)19(26-20)25-15(4)22/h1,6-12,14-15,18-20,28-29H,13H2,2-4H3,(H,25,32)(H,24,27,31);7-11,13,18-19,21H,6,14H2,1-4H3,(H,24,27,28);6-10,12,16-17,19,24H,5,13H2,1-3H3,(H,22,25,26);1,6-11,15-16,18,23H,5,12H2,2-3H3,(H,21,24,25);7-11,17-19H,6,13H2,1-4H3/t15-,18-,19?,20+,23+,37?;18-,19?,21+,23-;16-,17?,19+,21-;15-,16?,18+,20+;17-,18?,19?,20-/m00000/s1. The van der Waals surface area contributed by atoms with Gasteiger partial charge in [0.2, 0.25) is 6.29 Å². The highest BCUT2D eigenvalue weighted by atomic mass is 31.2. The molecule has 5 saturated heterocycles. The Hall–Kier alpha value is -14.1. The lowest BCUT2D eigenvalue weighted by Crippen LogP contribution is -2.46. The number of benzene rings is 5. The van der Waals surface area contributed by atoms with Gasteiger partial charge < -0.3 is 86.5 Å². The van der Waals surface area contributed by atoms with E-state index in [-0.39, 0.29) is 32.2 Å². The third-order valence-corrected chi connectivity index (χ3v) is 26.0. The number of ether oxygens (including phenoxy) is 13. The Morgan fingerprint density at radius 2 is 0.772 bits per heavy atom. The van der Waals surface area contributed by atoms with Gasteiger partial charge in [-0.05, 0) is 122 Å². The lowest BCUT2D eigenvalue weighted by molar-refractivity contribution is -0.199. The van der Waals surface area contributed by atoms with Crippen molar-refractivity contribution < 1.29 is 115 Å². The summed E-state index contributed by atoms with van der Waals surface area (Å²) in [4.78, 5) is 152. The number of carbonyl (C=O) groups is 4. The van der Waals surface area contributed by atoms with Crippen LogP contribution in [0, 0.1) is 81.0 Å². The van der Waals surface area contributed by atoms with Crippen molar-refractivity contribution >= 4 is 31.6 Å². The van der Waals surface area contributed by atoms with Gasteiger partial charge in [0, 0.05) is 68.3 Å². The Balaban J connectivity index is 0.000000191. The fourth-order valence-electron chi connectivity index (χ4n) is 16.9. The molecule has 0 spiro atoms. The summed E-state index contributed by atoms with van der Waals surface area (Å²) in [5.41, 5.74) is -6.83. The second-order valence-corrected chi connectivity index (χ2v) is 37.0. The minimum absolute atomic E-state index is 0.128. The lowest BCUT2D eigenvalue weighted by atomic mass is 9.92. The molecule has 0 saturated carbocycles. The molecule has 22 atom stereocenters. The van der Waals surface area contributed by atoms with Crippen LogP contribution in [0.15, 0.2) is 221 Å². The number of aryl methyl sites for hydroxylation is 3. The summed E-state index contributed by atoms with van der Waals surface area (Å²) in [7, 11) is -4.39. The van der Waals surface area contributed by atoms with Crippen LogP contribution >= 0.6 is 7.75 Å². The van der Waals surface area contributed by atoms with E-state index < -0.39 is 216 Å². The smallest absolute Gasteiger partial charge is 0.459 e. The molecule has 0 amide bonds. The second-order valence-electron chi connectivity index (χ2n) is 35.3. The molecule has 9 N–H and O–H groups in total. The van der Waals surface area contributed by atoms with Crippen molar-refractivity contribution in [3.05, 3.63) is 305 Å². The van der Waals surface area contributed by atoms with Crippen LogP contribution in [0.25, 0.3) is 0 Å². The Morgan fingerprint density at radius 3 is 1.15 bits per heavy atom. The van der Waals surface area contributed by atoms with E-state index >= 15 is 0 Å². The maximum absolute atomic E-state index is 13.7. The molecule has 0 aliphatic carbocycles. The maximum atomic E-state index is 13.7. The number of carbonyl (C=O) groups excluding carboxylic acids is 4. The Bertz CT molecular complexity index is 6970. The van der Waals surface area contributed by atoms with Gasteiger partial charge in [-0.3, -0.25) is 81.1 Å². The molecule has 4 aromatic heterocycles. The monoisotopic (exact) mass is 2080 g/mol. The van der Waals surface area contributed by atoms with Gasteiger partial charge in [0.1, 0.15) is 67.2 Å². The number of terminal acetylenes is 2. The molecular weight excluding hydrogens is 1950 g/mol. The number of H-pyrrole nitrogens is 4. The van der Waals surface area contributed by atoms with Gasteiger partial charge in [0.25, 0.3) is 22.2 Å². The molecule has 5 aliphatic heterocycles. The highest BCUT2D eigenvalue weighted by molar-refractivity contribution is 7.52. The first-order chi connectivity index (χ1) is 70.9. The molecule has 7 unspecified atom stereocenters. The van der Waals surface area contributed by atoms with E-state index in [9.17, 15) is 82.5 Å². The van der Waals surface area contributed by atoms with Crippen molar-refractivity contribution in [3.8, 4) is 66.0 Å². The van der Waals surface area contributed by atoms with Crippen molar-refractivity contribution in [3.63, 3.8) is 0 Å². The zero-order valence-corrected chi connectivity index (χ0v) is 86.0. The zero-order chi connectivity index (χ0) is 109. The van der Waals surface area contributed by atoms with Gasteiger partial charge in [-0.1, -0.05) is 197 Å². The first-order valence-corrected chi connectivity index (χ1v) is 49.3. The Labute approximate surface area is 858 Å². The maximum Gasteiger partial charge on any atom is 0.459 e. The Morgan fingerprint density at radius 1 is 0.436 bits per heavy atom. The highest BCUT2D eigenvalue weighted by Gasteiger charge is 2.62. The largest absolute Gasteiger partial charge is 0.462 e. The van der Waals surface area contributed by atoms with Gasteiger partial charge in [0.05, 0.1) is 32.5 Å². The minimum Gasteiger partial charge on any atom is -0.462 e. The van der Waals surface area contributed by atoms with Gasteiger partial charge in [-0.15, -0.1) is 30.6 Å².